The number of fused-ring (bicyclic) bond motifs is 8. The van der Waals surface area contributed by atoms with Gasteiger partial charge in [-0.1, -0.05) is 103 Å². The van der Waals surface area contributed by atoms with Crippen LogP contribution in [0.3, 0.4) is 0 Å². The van der Waals surface area contributed by atoms with Crippen LogP contribution in [0.2, 0.25) is 0 Å². The van der Waals surface area contributed by atoms with Crippen molar-refractivity contribution in [3.63, 3.8) is 0 Å². The molecule has 0 saturated heterocycles. The number of benzene rings is 6. The Balaban J connectivity index is 1.14. The zero-order valence-electron chi connectivity index (χ0n) is 32.2. The van der Waals surface area contributed by atoms with Gasteiger partial charge in [-0.3, -0.25) is 19.6 Å². The minimum atomic E-state index is -0.195. The maximum Gasteiger partial charge on any atom is 0.258 e. The lowest BCUT2D eigenvalue weighted by Crippen LogP contribution is -2.66. The van der Waals surface area contributed by atoms with Crippen LogP contribution < -0.4 is 52.4 Å². The van der Waals surface area contributed by atoms with E-state index in [1.807, 2.05) is 12.4 Å². The van der Waals surface area contributed by atoms with Crippen LogP contribution >= 0.6 is 0 Å². The maximum absolute atomic E-state index is 5.93. The predicted octanol–water partition coefficient (Wildman–Crippen LogP) is 7.43. The van der Waals surface area contributed by atoms with Crippen LogP contribution in [0, 0.1) is 0 Å². The van der Waals surface area contributed by atoms with Crippen molar-refractivity contribution in [3.8, 4) is 0 Å². The van der Waals surface area contributed by atoms with Crippen molar-refractivity contribution in [2.75, 3.05) is 19.6 Å². The topological polar surface area (TPSA) is 64.5 Å². The molecule has 0 saturated carbocycles. The molecule has 0 fully saturated rings. The number of hydrogen-bond acceptors (Lipinski definition) is 8. The summed E-state index contributed by atoms with van der Waals surface area (Å²) in [7, 11) is 0. The molecule has 0 aliphatic carbocycles. The van der Waals surface area contributed by atoms with Crippen LogP contribution in [0.15, 0.2) is 195 Å². The van der Waals surface area contributed by atoms with Crippen LogP contribution in [-0.4, -0.2) is 33.4 Å². The first-order chi connectivity index (χ1) is 29.8. The number of aromatic nitrogens is 4. The number of hydrogen-bond donors (Lipinski definition) is 0. The van der Waals surface area contributed by atoms with Gasteiger partial charge in [-0.05, 0) is 106 Å². The van der Waals surface area contributed by atoms with Crippen LogP contribution in [0.4, 0.5) is 68.8 Å². The lowest BCUT2D eigenvalue weighted by Gasteiger charge is -2.45. The highest BCUT2D eigenvalue weighted by atomic mass is 15.3. The zero-order valence-corrected chi connectivity index (χ0v) is 32.2. The van der Waals surface area contributed by atoms with E-state index in [2.05, 4.69) is 196 Å². The van der Waals surface area contributed by atoms with Gasteiger partial charge < -0.3 is 0 Å². The van der Waals surface area contributed by atoms with E-state index < -0.39 is 0 Å². The molecule has 9 aromatic rings. The largest absolute Gasteiger partial charge is 0.296 e. The van der Waals surface area contributed by atoms with Gasteiger partial charge in [0.05, 0.1) is 0 Å². The summed E-state index contributed by atoms with van der Waals surface area (Å²) in [5, 5.41) is 0. The quantitative estimate of drug-likeness (QED) is 0.172. The second-order valence-corrected chi connectivity index (χ2v) is 15.5. The maximum atomic E-state index is 5.93. The van der Waals surface area contributed by atoms with Crippen molar-refractivity contribution < 1.29 is 0 Å². The fourth-order valence-electron chi connectivity index (χ4n) is 10.1. The molecule has 0 unspecified atom stereocenters. The number of nitrogens with zero attached hydrogens (tertiary/aromatic N) is 8. The summed E-state index contributed by atoms with van der Waals surface area (Å²) in [6.45, 7) is -0.343. The molecule has 0 atom stereocenters. The van der Waals surface area contributed by atoms with Gasteiger partial charge >= 0.3 is 0 Å². The van der Waals surface area contributed by atoms with Gasteiger partial charge in [0, 0.05) is 57.9 Å². The van der Waals surface area contributed by atoms with E-state index in [0.717, 1.165) is 90.6 Å². The lowest BCUT2D eigenvalue weighted by atomic mass is 9.31. The van der Waals surface area contributed by atoms with Gasteiger partial charge in [0.25, 0.3) is 13.4 Å². The number of pyridine rings is 2. The first-order valence-corrected chi connectivity index (χ1v) is 20.3. The summed E-state index contributed by atoms with van der Waals surface area (Å²) in [6, 6.07) is 62.4. The van der Waals surface area contributed by atoms with Crippen molar-refractivity contribution in [1.29, 1.82) is 0 Å². The van der Waals surface area contributed by atoms with E-state index in [1.54, 1.807) is 6.33 Å². The smallest absolute Gasteiger partial charge is 0.258 e. The molecule has 10 heteroatoms. The van der Waals surface area contributed by atoms with Crippen molar-refractivity contribution in [2.45, 2.75) is 0 Å². The fourth-order valence-corrected chi connectivity index (χ4v) is 10.1. The van der Waals surface area contributed by atoms with Gasteiger partial charge in [0.2, 0.25) is 0 Å². The number of rotatable bonds is 4. The number of para-hydroxylation sites is 5. The second-order valence-electron chi connectivity index (χ2n) is 15.5. The monoisotopic (exact) mass is 766 g/mol. The molecular formula is C50H32B2N8. The molecule has 3 aromatic heterocycles. The van der Waals surface area contributed by atoms with E-state index in [1.165, 1.54) is 10.9 Å². The Labute approximate surface area is 347 Å². The van der Waals surface area contributed by atoms with Crippen LogP contribution in [0.1, 0.15) is 0 Å². The molecule has 7 heterocycles. The Morgan fingerprint density at radius 1 is 0.350 bits per heavy atom. The van der Waals surface area contributed by atoms with E-state index in [9.17, 15) is 0 Å². The summed E-state index contributed by atoms with van der Waals surface area (Å²) in [5.41, 5.74) is 15.3. The Bertz CT molecular complexity index is 2940. The third-order valence-corrected chi connectivity index (χ3v) is 12.4. The molecule has 0 radical (unpaired) electrons. The van der Waals surface area contributed by atoms with Crippen molar-refractivity contribution in [2.24, 2.45) is 0 Å². The normalized spacial score (nSPS) is 13.8. The van der Waals surface area contributed by atoms with Gasteiger partial charge in [0.15, 0.2) is 0 Å². The summed E-state index contributed by atoms with van der Waals surface area (Å²) in [6.07, 6.45) is 5.61. The third kappa shape index (κ3) is 4.58. The molecule has 0 spiro atoms. The highest BCUT2D eigenvalue weighted by Gasteiger charge is 2.49. The number of anilines is 12. The molecule has 60 heavy (non-hydrogen) atoms. The Morgan fingerprint density at radius 3 is 1.40 bits per heavy atom. The molecule has 8 nitrogen and oxygen atoms in total. The van der Waals surface area contributed by atoms with Crippen molar-refractivity contribution in [1.82, 2.24) is 19.9 Å². The lowest BCUT2D eigenvalue weighted by molar-refractivity contribution is 1.11. The average Bonchev–Trinajstić information content (AvgIpc) is 3.32. The minimum absolute atomic E-state index is 0.148. The summed E-state index contributed by atoms with van der Waals surface area (Å²) in [4.78, 5) is 30.2. The van der Waals surface area contributed by atoms with Gasteiger partial charge in [0.1, 0.15) is 29.6 Å². The Morgan fingerprint density at radius 2 is 0.817 bits per heavy atom. The van der Waals surface area contributed by atoms with Gasteiger partial charge in [-0.15, -0.1) is 0 Å². The van der Waals surface area contributed by atoms with Gasteiger partial charge in [-0.25, -0.2) is 19.9 Å². The average molecular weight is 766 g/mol. The van der Waals surface area contributed by atoms with Crippen LogP contribution in [-0.2, 0) is 0 Å². The zero-order chi connectivity index (χ0) is 39.3. The third-order valence-electron chi connectivity index (χ3n) is 12.4. The molecule has 0 N–H and O–H groups in total. The highest BCUT2D eigenvalue weighted by molar-refractivity contribution is 7.03. The molecule has 6 aromatic carbocycles. The summed E-state index contributed by atoms with van der Waals surface area (Å²) >= 11 is 0. The first kappa shape index (κ1) is 33.0. The molecule has 278 valence electrons. The predicted molar refractivity (Wildman–Crippen MR) is 246 cm³/mol. The standard InChI is InChI=1S/C50H32B2N8/c1-5-16-33(17-6-1)57-41-25-14-13-24-37(41)51-38-30-39-49(56-48(38)60(36-22-11-4-12-23-36)44-28-29-54-50(57)46(44)51)59(35-20-9-3-10-21-35)43-27-15-26-42-45(43)52(39)40-31-53-32-55-47(40)58(42)34-18-7-2-8-19-34/h1-32H. The highest BCUT2D eigenvalue weighted by Crippen LogP contribution is 2.46. The van der Waals surface area contributed by atoms with E-state index in [0.29, 0.717) is 0 Å². The molecular weight excluding hydrogens is 734 g/mol. The van der Waals surface area contributed by atoms with E-state index in [4.69, 9.17) is 19.9 Å². The second kappa shape index (κ2) is 12.8. The van der Waals surface area contributed by atoms with Crippen molar-refractivity contribution >= 4 is 115 Å². The Kier molecular flexibility index (Phi) is 7.03. The first-order valence-electron chi connectivity index (χ1n) is 20.3. The summed E-state index contributed by atoms with van der Waals surface area (Å²) in [5.74, 6) is 3.56. The van der Waals surface area contributed by atoms with E-state index in [-0.39, 0.29) is 13.4 Å². The summed E-state index contributed by atoms with van der Waals surface area (Å²) < 4.78 is 0. The van der Waals surface area contributed by atoms with E-state index >= 15 is 0 Å². The van der Waals surface area contributed by atoms with Crippen molar-refractivity contribution in [3.05, 3.63) is 195 Å². The molecule has 0 amide bonds. The fraction of sp³-hybridized carbons (Fsp3) is 0. The Hall–Kier alpha value is -7.97. The molecule has 4 aliphatic rings. The van der Waals surface area contributed by atoms with Crippen LogP contribution in [0.25, 0.3) is 0 Å². The van der Waals surface area contributed by atoms with Gasteiger partial charge in [-0.2, -0.15) is 0 Å². The minimum Gasteiger partial charge on any atom is -0.296 e. The molecule has 0 bridgehead atoms. The molecule has 4 aliphatic heterocycles. The SMILES string of the molecule is c1ccc(N2c3cccc4c3B(c3cncnc32)c2cc3c(nc2N4c2ccccc2)N(c2ccccc2)c2ccnc4c2B3c2ccccc2N4c2ccccc2)cc1. The van der Waals surface area contributed by atoms with Crippen LogP contribution in [0.5, 0.6) is 0 Å². The molecule has 13 rings (SSSR count).